The van der Waals surface area contributed by atoms with E-state index in [4.69, 9.17) is 14.0 Å². The zero-order chi connectivity index (χ0) is 22.8. The molecule has 1 aliphatic carbocycles. The number of hydrogen-bond donors (Lipinski definition) is 0. The number of urea groups is 1. The van der Waals surface area contributed by atoms with E-state index in [0.717, 1.165) is 0 Å². The number of nitrogens with zero attached hydrogens (tertiary/aromatic N) is 4. The number of carbonyl (C=O) groups excluding carboxylic acids is 2. The Hall–Kier alpha value is -3.75. The monoisotopic (exact) mass is 437 g/mol. The summed E-state index contributed by atoms with van der Waals surface area (Å²) in [4.78, 5) is 32.0. The van der Waals surface area contributed by atoms with E-state index < -0.39 is 5.92 Å². The summed E-state index contributed by atoms with van der Waals surface area (Å²) in [6, 6.07) is 4.70. The van der Waals surface area contributed by atoms with Crippen molar-refractivity contribution in [3.8, 4) is 22.9 Å². The van der Waals surface area contributed by atoms with Crippen LogP contribution in [-0.2, 0) is 11.3 Å². The third-order valence-electron chi connectivity index (χ3n) is 5.69. The van der Waals surface area contributed by atoms with Gasteiger partial charge in [0, 0.05) is 5.56 Å². The van der Waals surface area contributed by atoms with Crippen LogP contribution in [-0.4, -0.2) is 57.5 Å². The Morgan fingerprint density at radius 2 is 1.97 bits per heavy atom. The van der Waals surface area contributed by atoms with E-state index in [0.29, 0.717) is 35.0 Å². The minimum Gasteiger partial charge on any atom is -0.493 e. The fraction of sp³-hybridized carbons (Fsp3) is 0.348. The van der Waals surface area contributed by atoms with Gasteiger partial charge >= 0.3 is 11.9 Å². The lowest BCUT2D eigenvalue weighted by atomic mass is 9.93. The van der Waals surface area contributed by atoms with Gasteiger partial charge in [0.2, 0.25) is 5.82 Å². The van der Waals surface area contributed by atoms with Crippen molar-refractivity contribution in [1.29, 1.82) is 0 Å². The Bertz CT molecular complexity index is 1150. The molecule has 32 heavy (non-hydrogen) atoms. The van der Waals surface area contributed by atoms with Gasteiger partial charge in [0.05, 0.1) is 14.2 Å². The molecule has 2 aromatic rings. The predicted octanol–water partition coefficient (Wildman–Crippen LogP) is 3.21. The van der Waals surface area contributed by atoms with Gasteiger partial charge in [0.15, 0.2) is 18.0 Å². The quantitative estimate of drug-likeness (QED) is 0.614. The fourth-order valence-electron chi connectivity index (χ4n) is 3.78. The Morgan fingerprint density at radius 1 is 1.19 bits per heavy atom. The molecule has 2 heterocycles. The largest absolute Gasteiger partial charge is 0.501 e. The maximum atomic E-state index is 13.3. The second-order valence-corrected chi connectivity index (χ2v) is 7.56. The first kappa shape index (κ1) is 21.5. The SMILES string of the molecule is CCC(C)N1C(=O)C2C=CC=CC2=[N+](Cc2nc(-c3ccc(OC)c(OC)c3)no2)C1=O. The molecule has 2 aliphatic rings. The van der Waals surface area contributed by atoms with Gasteiger partial charge in [-0.2, -0.15) is 19.3 Å². The Morgan fingerprint density at radius 3 is 2.69 bits per heavy atom. The zero-order valence-electron chi connectivity index (χ0n) is 18.4. The number of methoxy groups -OCH3 is 2. The first-order valence-electron chi connectivity index (χ1n) is 10.4. The summed E-state index contributed by atoms with van der Waals surface area (Å²) in [6.07, 6.45) is 7.87. The van der Waals surface area contributed by atoms with Crippen LogP contribution < -0.4 is 9.47 Å². The molecule has 166 valence electrons. The fourth-order valence-corrected chi connectivity index (χ4v) is 3.78. The summed E-state index contributed by atoms with van der Waals surface area (Å²) in [5, 5.41) is 4.05. The molecule has 0 spiro atoms. The number of rotatable bonds is 7. The highest BCUT2D eigenvalue weighted by molar-refractivity contribution is 6.16. The molecule has 0 radical (unpaired) electrons. The minimum absolute atomic E-state index is 0.0589. The van der Waals surface area contributed by atoms with Crippen LogP contribution in [0, 0.1) is 5.92 Å². The molecule has 0 bridgehead atoms. The molecule has 1 aromatic carbocycles. The van der Waals surface area contributed by atoms with Crippen LogP contribution in [0.1, 0.15) is 26.2 Å². The van der Waals surface area contributed by atoms with E-state index in [2.05, 4.69) is 10.1 Å². The van der Waals surface area contributed by atoms with Gasteiger partial charge in [0.25, 0.3) is 5.89 Å². The van der Waals surface area contributed by atoms with Gasteiger partial charge in [-0.3, -0.25) is 0 Å². The number of ether oxygens (including phenoxy) is 2. The summed E-state index contributed by atoms with van der Waals surface area (Å²) < 4.78 is 17.6. The Labute approximate surface area is 185 Å². The lowest BCUT2D eigenvalue weighted by molar-refractivity contribution is -0.461. The van der Waals surface area contributed by atoms with E-state index in [9.17, 15) is 9.59 Å². The molecule has 2 atom stereocenters. The van der Waals surface area contributed by atoms with Crippen molar-refractivity contribution in [3.63, 3.8) is 0 Å². The van der Waals surface area contributed by atoms with Crippen molar-refractivity contribution in [3.05, 3.63) is 48.4 Å². The summed E-state index contributed by atoms with van der Waals surface area (Å²) in [7, 11) is 3.11. The topological polar surface area (TPSA) is 97.8 Å². The molecular formula is C23H25N4O5+. The number of amides is 3. The van der Waals surface area contributed by atoms with Crippen molar-refractivity contribution in [2.24, 2.45) is 5.92 Å². The molecular weight excluding hydrogens is 412 g/mol. The van der Waals surface area contributed by atoms with Crippen LogP contribution in [0.5, 0.6) is 11.5 Å². The standard InChI is InChI=1S/C23H25N4O5/c1-5-14(2)27-22(28)16-8-6-7-9-17(16)26(23(27)29)13-20-24-21(25-32-20)15-10-11-18(30-3)19(12-15)31-4/h6-12,14,16H,5,13H2,1-4H3/q+1. The molecule has 0 saturated carbocycles. The van der Waals surface area contributed by atoms with Gasteiger partial charge in [0.1, 0.15) is 17.7 Å². The van der Waals surface area contributed by atoms with Crippen molar-refractivity contribution < 1.29 is 28.2 Å². The lowest BCUT2D eigenvalue weighted by Crippen LogP contribution is -2.56. The summed E-state index contributed by atoms with van der Waals surface area (Å²) >= 11 is 0. The van der Waals surface area contributed by atoms with E-state index >= 15 is 0 Å². The van der Waals surface area contributed by atoms with E-state index in [1.165, 1.54) is 9.48 Å². The number of aromatic nitrogens is 2. The zero-order valence-corrected chi connectivity index (χ0v) is 18.4. The Balaban J connectivity index is 1.67. The molecule has 0 N–H and O–H groups in total. The number of allylic oxidation sites excluding steroid dienone is 3. The molecule has 9 heteroatoms. The number of carbonyl (C=O) groups is 2. The normalized spacial score (nSPS) is 18.8. The van der Waals surface area contributed by atoms with Crippen LogP contribution in [0.4, 0.5) is 4.79 Å². The van der Waals surface area contributed by atoms with Gasteiger partial charge < -0.3 is 14.0 Å². The van der Waals surface area contributed by atoms with Crippen molar-refractivity contribution in [1.82, 2.24) is 15.0 Å². The highest BCUT2D eigenvalue weighted by Gasteiger charge is 2.49. The second-order valence-electron chi connectivity index (χ2n) is 7.56. The maximum absolute atomic E-state index is 13.3. The molecule has 1 aromatic heterocycles. The van der Waals surface area contributed by atoms with Gasteiger partial charge in [-0.25, -0.2) is 4.79 Å². The first-order valence-corrected chi connectivity index (χ1v) is 10.4. The minimum atomic E-state index is -0.514. The van der Waals surface area contributed by atoms with Gasteiger partial charge in [-0.15, -0.1) is 0 Å². The van der Waals surface area contributed by atoms with E-state index in [1.807, 2.05) is 19.9 Å². The first-order chi connectivity index (χ1) is 15.5. The molecule has 3 amide bonds. The van der Waals surface area contributed by atoms with Gasteiger partial charge in [-0.05, 0) is 37.6 Å². The molecule has 4 rings (SSSR count). The third kappa shape index (κ3) is 3.70. The van der Waals surface area contributed by atoms with Gasteiger partial charge in [-0.1, -0.05) is 30.3 Å². The lowest BCUT2D eigenvalue weighted by Gasteiger charge is -2.29. The molecule has 0 saturated heterocycles. The molecule has 1 aliphatic heterocycles. The second kappa shape index (κ2) is 8.78. The number of benzene rings is 1. The van der Waals surface area contributed by atoms with Crippen molar-refractivity contribution in [2.75, 3.05) is 14.2 Å². The highest BCUT2D eigenvalue weighted by atomic mass is 16.5. The number of fused-ring (bicyclic) bond motifs is 1. The molecule has 9 nitrogen and oxygen atoms in total. The van der Waals surface area contributed by atoms with Crippen molar-refractivity contribution >= 4 is 17.6 Å². The van der Waals surface area contributed by atoms with Crippen LogP contribution >= 0.6 is 0 Å². The summed E-state index contributed by atoms with van der Waals surface area (Å²) in [6.45, 7) is 3.87. The summed E-state index contributed by atoms with van der Waals surface area (Å²) in [5.41, 5.74) is 1.29. The third-order valence-corrected chi connectivity index (χ3v) is 5.69. The van der Waals surface area contributed by atoms with Crippen LogP contribution in [0.15, 0.2) is 47.0 Å². The van der Waals surface area contributed by atoms with Crippen LogP contribution in [0.3, 0.4) is 0 Å². The average molecular weight is 437 g/mol. The molecule has 0 fully saturated rings. The molecule has 2 unspecified atom stereocenters. The van der Waals surface area contributed by atoms with E-state index in [-0.39, 0.29) is 30.4 Å². The number of imide groups is 1. The average Bonchev–Trinajstić information content (AvgIpc) is 3.29. The van der Waals surface area contributed by atoms with Crippen molar-refractivity contribution in [2.45, 2.75) is 32.9 Å². The van der Waals surface area contributed by atoms with Crippen LogP contribution in [0.25, 0.3) is 11.4 Å². The highest BCUT2D eigenvalue weighted by Crippen LogP contribution is 2.31. The van der Waals surface area contributed by atoms with Crippen LogP contribution in [0.2, 0.25) is 0 Å². The summed E-state index contributed by atoms with van der Waals surface area (Å²) in [5.74, 6) is 1.03. The predicted molar refractivity (Wildman–Crippen MR) is 116 cm³/mol. The maximum Gasteiger partial charge on any atom is 0.501 e. The van der Waals surface area contributed by atoms with E-state index in [1.54, 1.807) is 50.6 Å². The Kier molecular flexibility index (Phi) is 5.89. The smallest absolute Gasteiger partial charge is 0.493 e. The number of hydrogen-bond acceptors (Lipinski definition) is 7.